The van der Waals surface area contributed by atoms with Crippen molar-refractivity contribution >= 4 is 55.2 Å². The first kappa shape index (κ1) is 34.2. The number of amides is 1. The molecule has 0 bridgehead atoms. The lowest BCUT2D eigenvalue weighted by atomic mass is 10.0. The van der Waals surface area contributed by atoms with Gasteiger partial charge in [-0.3, -0.25) is 28.2 Å². The molecule has 0 saturated heterocycles. The highest BCUT2D eigenvalue weighted by Crippen LogP contribution is 2.39. The molecule has 1 aliphatic rings. The Kier molecular flexibility index (Phi) is 8.57. The number of sulfonamides is 1. The van der Waals surface area contributed by atoms with Crippen molar-refractivity contribution in [2.24, 2.45) is 7.05 Å². The first-order valence-corrected chi connectivity index (χ1v) is 17.7. The number of benzene rings is 3. The fourth-order valence-electron chi connectivity index (χ4n) is 6.12. The summed E-state index contributed by atoms with van der Waals surface area (Å²) in [6.07, 6.45) is 4.17. The Morgan fingerprint density at radius 2 is 1.71 bits per heavy atom. The highest BCUT2D eigenvalue weighted by molar-refractivity contribution is 7.92. The molecular formula is C33H27ClF4N8O4S. The van der Waals surface area contributed by atoms with Crippen molar-refractivity contribution in [1.29, 1.82) is 0 Å². The van der Waals surface area contributed by atoms with Crippen LogP contribution in [0.5, 0.6) is 0 Å². The van der Waals surface area contributed by atoms with Crippen molar-refractivity contribution in [2.75, 3.05) is 11.0 Å². The molecule has 18 heteroatoms. The highest BCUT2D eigenvalue weighted by atomic mass is 35.5. The number of carbonyl (C=O) groups excluding carboxylic acids is 1. The fraction of sp³-hybridized carbons (Fsp3) is 0.242. The molecule has 1 atom stereocenters. The molecule has 0 spiro atoms. The number of nitrogens with one attached hydrogen (secondary N) is 2. The summed E-state index contributed by atoms with van der Waals surface area (Å²) < 4.78 is 89.0. The van der Waals surface area contributed by atoms with Gasteiger partial charge in [0.25, 0.3) is 5.56 Å². The van der Waals surface area contributed by atoms with Crippen molar-refractivity contribution in [3.05, 3.63) is 110 Å². The number of aryl methyl sites for hydroxylation is 1. The summed E-state index contributed by atoms with van der Waals surface area (Å²) >= 11 is 6.52. The average molecular weight is 743 g/mol. The van der Waals surface area contributed by atoms with Crippen molar-refractivity contribution in [3.8, 4) is 5.69 Å². The number of carbonyl (C=O) groups is 1. The van der Waals surface area contributed by atoms with E-state index in [2.05, 4.69) is 25.2 Å². The Labute approximate surface area is 291 Å². The predicted octanol–water partition coefficient (Wildman–Crippen LogP) is 5.03. The van der Waals surface area contributed by atoms with Gasteiger partial charge in [0.1, 0.15) is 41.0 Å². The highest BCUT2D eigenvalue weighted by Gasteiger charge is 2.29. The third kappa shape index (κ3) is 6.90. The normalized spacial score (nSPS) is 13.9. The fourth-order valence-corrected chi connectivity index (χ4v) is 6.86. The molecule has 12 nitrogen and oxygen atoms in total. The van der Waals surface area contributed by atoms with E-state index in [-0.39, 0.29) is 51.8 Å². The zero-order valence-corrected chi connectivity index (χ0v) is 28.4. The van der Waals surface area contributed by atoms with E-state index < -0.39 is 61.7 Å². The van der Waals surface area contributed by atoms with Crippen LogP contribution in [0.2, 0.25) is 5.02 Å². The maximum atomic E-state index is 15.4. The molecule has 264 valence electrons. The molecule has 3 heterocycles. The van der Waals surface area contributed by atoms with Gasteiger partial charge in [0, 0.05) is 43.8 Å². The zero-order valence-electron chi connectivity index (χ0n) is 26.8. The van der Waals surface area contributed by atoms with E-state index in [9.17, 15) is 31.2 Å². The Morgan fingerprint density at radius 3 is 2.39 bits per heavy atom. The van der Waals surface area contributed by atoms with Crippen LogP contribution in [0.25, 0.3) is 27.5 Å². The number of nitrogens with zero attached hydrogens (tertiary/aromatic N) is 6. The minimum absolute atomic E-state index is 0.0325. The topological polar surface area (TPSA) is 146 Å². The number of hydrogen-bond acceptors (Lipinski definition) is 7. The van der Waals surface area contributed by atoms with Crippen LogP contribution >= 0.6 is 11.6 Å². The first-order valence-electron chi connectivity index (χ1n) is 15.5. The molecule has 1 aliphatic carbocycles. The van der Waals surface area contributed by atoms with Gasteiger partial charge in [0.2, 0.25) is 15.9 Å². The maximum absolute atomic E-state index is 15.4. The first-order chi connectivity index (χ1) is 24.1. The average Bonchev–Trinajstić information content (AvgIpc) is 3.68. The Morgan fingerprint density at radius 1 is 1.00 bits per heavy atom. The van der Waals surface area contributed by atoms with Gasteiger partial charge in [-0.05, 0) is 48.7 Å². The lowest BCUT2D eigenvalue weighted by Crippen LogP contribution is -2.37. The molecule has 0 unspecified atom stereocenters. The van der Waals surface area contributed by atoms with Gasteiger partial charge in [-0.2, -0.15) is 10.2 Å². The van der Waals surface area contributed by atoms with Gasteiger partial charge in [-0.1, -0.05) is 11.6 Å². The summed E-state index contributed by atoms with van der Waals surface area (Å²) in [6, 6.07) is 7.26. The van der Waals surface area contributed by atoms with Crippen LogP contribution in [0.15, 0.2) is 59.5 Å². The monoisotopic (exact) mass is 742 g/mol. The van der Waals surface area contributed by atoms with Crippen molar-refractivity contribution in [2.45, 2.75) is 37.8 Å². The molecule has 0 aliphatic heterocycles. The standard InChI is InChI=1S/C33H27ClF4N8O4S/c1-44-30-26(6-5-21(34)28(30)31(42-44)43-51(2,49)50)46-32(40-24-14-20(37)13-22(38)29(24)33(46)48)25(11-16-9-18(35)12-19(36)10-16)39-27(47)15-45-8-7-23(41-45)17-3-4-17/h5-10,12-14,17,25H,3-4,11,15H2,1-2H3,(H,39,47)(H,42,43)/t25-/m0/s1. The van der Waals surface area contributed by atoms with Crippen LogP contribution in [0, 0.1) is 23.3 Å². The molecule has 3 aromatic carbocycles. The van der Waals surface area contributed by atoms with Gasteiger partial charge in [0.05, 0.1) is 45.1 Å². The second-order valence-corrected chi connectivity index (χ2v) is 14.5. The van der Waals surface area contributed by atoms with E-state index in [0.29, 0.717) is 18.1 Å². The van der Waals surface area contributed by atoms with Crippen LogP contribution in [0.3, 0.4) is 0 Å². The Bertz CT molecular complexity index is 2550. The van der Waals surface area contributed by atoms with Gasteiger partial charge < -0.3 is 5.32 Å². The third-order valence-electron chi connectivity index (χ3n) is 8.33. The minimum Gasteiger partial charge on any atom is -0.344 e. The van der Waals surface area contributed by atoms with E-state index >= 15 is 4.39 Å². The minimum atomic E-state index is -3.87. The molecule has 6 aromatic rings. The second-order valence-electron chi connectivity index (χ2n) is 12.3. The maximum Gasteiger partial charge on any atom is 0.269 e. The number of rotatable bonds is 10. The molecule has 2 N–H and O–H groups in total. The van der Waals surface area contributed by atoms with Crippen molar-refractivity contribution in [1.82, 2.24) is 34.4 Å². The number of aromatic nitrogens is 6. The Balaban J connectivity index is 1.46. The number of halogens is 5. The van der Waals surface area contributed by atoms with E-state index in [1.165, 1.54) is 28.5 Å². The van der Waals surface area contributed by atoms with Crippen LogP contribution in [0.4, 0.5) is 23.4 Å². The molecule has 7 rings (SSSR count). The van der Waals surface area contributed by atoms with Gasteiger partial charge in [-0.15, -0.1) is 0 Å². The number of anilines is 1. The summed E-state index contributed by atoms with van der Waals surface area (Å²) in [5, 5.41) is 11.0. The largest absolute Gasteiger partial charge is 0.344 e. The predicted molar refractivity (Wildman–Crippen MR) is 180 cm³/mol. The van der Waals surface area contributed by atoms with E-state index in [1.807, 2.05) is 0 Å². The molecule has 51 heavy (non-hydrogen) atoms. The van der Waals surface area contributed by atoms with Crippen molar-refractivity contribution in [3.63, 3.8) is 0 Å². The van der Waals surface area contributed by atoms with Crippen molar-refractivity contribution < 1.29 is 30.8 Å². The SMILES string of the molecule is Cn1nc(NS(C)(=O)=O)c2c(Cl)ccc(-n3c([C@H](Cc4cc(F)cc(F)c4)NC(=O)Cn4ccc(C5CC5)n4)nc4cc(F)cc(F)c4c3=O)c21. The smallest absolute Gasteiger partial charge is 0.269 e. The molecule has 3 aromatic heterocycles. The Hall–Kier alpha value is -5.29. The van der Waals surface area contributed by atoms with Gasteiger partial charge >= 0.3 is 0 Å². The molecule has 0 radical (unpaired) electrons. The summed E-state index contributed by atoms with van der Waals surface area (Å²) in [6.45, 7) is -0.282. The lowest BCUT2D eigenvalue weighted by molar-refractivity contribution is -0.122. The summed E-state index contributed by atoms with van der Waals surface area (Å²) in [5.41, 5.74) is -0.497. The number of hydrogen-bond donors (Lipinski definition) is 2. The third-order valence-corrected chi connectivity index (χ3v) is 9.21. The second kappa shape index (κ2) is 12.8. The number of fused-ring (bicyclic) bond motifs is 2. The van der Waals surface area contributed by atoms with E-state index in [0.717, 1.165) is 47.6 Å². The summed E-state index contributed by atoms with van der Waals surface area (Å²) in [4.78, 5) is 32.5. The van der Waals surface area contributed by atoms with E-state index in [1.54, 1.807) is 12.3 Å². The van der Waals surface area contributed by atoms with Crippen LogP contribution in [-0.4, -0.2) is 49.7 Å². The van der Waals surface area contributed by atoms with Gasteiger partial charge in [0.15, 0.2) is 5.82 Å². The quantitative estimate of drug-likeness (QED) is 0.187. The molecule has 1 saturated carbocycles. The van der Waals surface area contributed by atoms with Gasteiger partial charge in [-0.25, -0.2) is 31.0 Å². The molecular weight excluding hydrogens is 716 g/mol. The summed E-state index contributed by atoms with van der Waals surface area (Å²) in [7, 11) is -2.42. The van der Waals surface area contributed by atoms with E-state index in [4.69, 9.17) is 11.6 Å². The summed E-state index contributed by atoms with van der Waals surface area (Å²) in [5.74, 6) is -4.85. The van der Waals surface area contributed by atoms with Crippen LogP contribution < -0.4 is 15.6 Å². The lowest BCUT2D eigenvalue weighted by Gasteiger charge is -2.24. The molecule has 1 fully saturated rings. The van der Waals surface area contributed by atoms with Crippen LogP contribution in [0.1, 0.15) is 41.9 Å². The van der Waals surface area contributed by atoms with Crippen LogP contribution in [-0.2, 0) is 34.8 Å². The zero-order chi connectivity index (χ0) is 36.4. The molecule has 1 amide bonds.